The lowest BCUT2D eigenvalue weighted by Crippen LogP contribution is -2.58. The van der Waals surface area contributed by atoms with Crippen LogP contribution in [0.5, 0.6) is 0 Å². The number of halogens is 1. The van der Waals surface area contributed by atoms with E-state index < -0.39 is 17.9 Å². The number of carbonyl (C=O) groups excluding carboxylic acids is 2. The molecule has 1 aromatic carbocycles. The zero-order chi connectivity index (χ0) is 18.7. The largest absolute Gasteiger partial charge is 0.335 e. The molecular weight excluding hydrogens is 335 g/mol. The van der Waals surface area contributed by atoms with E-state index in [1.165, 1.54) is 17.2 Å². The van der Waals surface area contributed by atoms with Crippen LogP contribution in [-0.2, 0) is 11.3 Å². The van der Waals surface area contributed by atoms with Gasteiger partial charge in [0.15, 0.2) is 0 Å². The van der Waals surface area contributed by atoms with Crippen molar-refractivity contribution in [1.82, 2.24) is 14.8 Å². The number of nitrogens with zero attached hydrogens (tertiary/aromatic N) is 3. The number of carbonyl (C=O) groups is 2. The molecule has 1 fully saturated rings. The number of hydrogen-bond donors (Lipinski definition) is 1. The molecule has 0 bridgehead atoms. The molecule has 1 atom stereocenters. The zero-order valence-corrected chi connectivity index (χ0v) is 14.8. The second-order valence-electron chi connectivity index (χ2n) is 6.44. The predicted octanol–water partition coefficient (Wildman–Crippen LogP) is 2.79. The lowest BCUT2D eigenvalue weighted by Gasteiger charge is -2.39. The minimum Gasteiger partial charge on any atom is -0.335 e. The van der Waals surface area contributed by atoms with Crippen LogP contribution in [0.15, 0.2) is 42.7 Å². The number of amides is 3. The number of urea groups is 1. The van der Waals surface area contributed by atoms with Gasteiger partial charge in [-0.05, 0) is 19.4 Å². The van der Waals surface area contributed by atoms with Crippen molar-refractivity contribution >= 4 is 17.6 Å². The van der Waals surface area contributed by atoms with E-state index in [0.29, 0.717) is 19.6 Å². The maximum atomic E-state index is 13.2. The van der Waals surface area contributed by atoms with Gasteiger partial charge in [0.1, 0.15) is 11.9 Å². The number of anilines is 1. The fraction of sp³-hybridized carbons (Fsp3) is 0.316. The van der Waals surface area contributed by atoms with E-state index in [9.17, 15) is 14.0 Å². The monoisotopic (exact) mass is 356 g/mol. The Hall–Kier alpha value is -2.96. The third-order valence-electron chi connectivity index (χ3n) is 4.42. The Morgan fingerprint density at radius 2 is 2.12 bits per heavy atom. The smallest absolute Gasteiger partial charge is 0.322 e. The molecule has 0 saturated carbocycles. The summed E-state index contributed by atoms with van der Waals surface area (Å²) in [6.07, 6.45) is 2.42. The summed E-state index contributed by atoms with van der Waals surface area (Å²) in [5.74, 6) is -0.639. The average molecular weight is 356 g/mol. The van der Waals surface area contributed by atoms with E-state index in [1.54, 1.807) is 11.8 Å². The average Bonchev–Trinajstić information content (AvgIpc) is 2.59. The molecule has 1 aliphatic rings. The molecule has 136 valence electrons. The maximum Gasteiger partial charge on any atom is 0.322 e. The first kappa shape index (κ1) is 17.8. The fourth-order valence-electron chi connectivity index (χ4n) is 3.07. The van der Waals surface area contributed by atoms with E-state index >= 15 is 0 Å². The minimum atomic E-state index is -0.588. The topological polar surface area (TPSA) is 65.5 Å². The molecule has 3 amide bonds. The Bertz CT molecular complexity index is 827. The molecule has 0 aliphatic carbocycles. The third kappa shape index (κ3) is 3.99. The standard InChI is InChI=1S/C19H21FN4O2/c1-13-4-3-5-15(8-13)12-23-6-7-24(14(2)18(23)25)19(26)22-17-9-16(20)10-21-11-17/h3-5,8-11,14H,6-7,12H2,1-2H3,(H,22,26)/t14-/m1/s1. The van der Waals surface area contributed by atoms with Crippen LogP contribution in [-0.4, -0.2) is 45.9 Å². The van der Waals surface area contributed by atoms with Crippen LogP contribution in [0.25, 0.3) is 0 Å². The highest BCUT2D eigenvalue weighted by molar-refractivity contribution is 5.94. The van der Waals surface area contributed by atoms with Crippen molar-refractivity contribution in [3.8, 4) is 0 Å². The van der Waals surface area contributed by atoms with Crippen molar-refractivity contribution in [2.45, 2.75) is 26.4 Å². The number of hydrogen-bond acceptors (Lipinski definition) is 3. The highest BCUT2D eigenvalue weighted by Crippen LogP contribution is 2.17. The lowest BCUT2D eigenvalue weighted by molar-refractivity contribution is -0.139. The van der Waals surface area contributed by atoms with Crippen LogP contribution < -0.4 is 5.32 Å². The quantitative estimate of drug-likeness (QED) is 0.920. The van der Waals surface area contributed by atoms with Gasteiger partial charge in [0.05, 0.1) is 18.1 Å². The van der Waals surface area contributed by atoms with Gasteiger partial charge >= 0.3 is 6.03 Å². The molecule has 1 aliphatic heterocycles. The van der Waals surface area contributed by atoms with Gasteiger partial charge in [-0.3, -0.25) is 9.78 Å². The summed E-state index contributed by atoms with van der Waals surface area (Å²) in [6.45, 7) is 5.10. The molecule has 0 unspecified atom stereocenters. The van der Waals surface area contributed by atoms with Crippen molar-refractivity contribution in [2.24, 2.45) is 0 Å². The van der Waals surface area contributed by atoms with E-state index in [2.05, 4.69) is 10.3 Å². The zero-order valence-electron chi connectivity index (χ0n) is 14.8. The highest BCUT2D eigenvalue weighted by atomic mass is 19.1. The van der Waals surface area contributed by atoms with Crippen molar-refractivity contribution in [2.75, 3.05) is 18.4 Å². The van der Waals surface area contributed by atoms with Gasteiger partial charge in [-0.15, -0.1) is 0 Å². The Balaban J connectivity index is 1.64. The van der Waals surface area contributed by atoms with Gasteiger partial charge in [-0.1, -0.05) is 29.8 Å². The Morgan fingerprint density at radius 3 is 2.85 bits per heavy atom. The molecule has 6 nitrogen and oxygen atoms in total. The maximum absolute atomic E-state index is 13.2. The van der Waals surface area contributed by atoms with Gasteiger partial charge < -0.3 is 15.1 Å². The van der Waals surface area contributed by atoms with Gasteiger partial charge in [0.25, 0.3) is 0 Å². The number of nitrogens with one attached hydrogen (secondary N) is 1. The van der Waals surface area contributed by atoms with Crippen LogP contribution in [0.1, 0.15) is 18.1 Å². The number of aryl methyl sites for hydroxylation is 1. The van der Waals surface area contributed by atoms with Crippen molar-refractivity contribution in [3.05, 3.63) is 59.7 Å². The summed E-state index contributed by atoms with van der Waals surface area (Å²) in [6, 6.07) is 8.18. The fourth-order valence-corrected chi connectivity index (χ4v) is 3.07. The van der Waals surface area contributed by atoms with Crippen molar-refractivity contribution < 1.29 is 14.0 Å². The Kier molecular flexibility index (Phi) is 5.16. The molecule has 26 heavy (non-hydrogen) atoms. The third-order valence-corrected chi connectivity index (χ3v) is 4.42. The summed E-state index contributed by atoms with van der Waals surface area (Å²) in [4.78, 5) is 32.0. The molecule has 2 aromatic rings. The van der Waals surface area contributed by atoms with Crippen LogP contribution in [0.2, 0.25) is 0 Å². The summed E-state index contributed by atoms with van der Waals surface area (Å²) >= 11 is 0. The lowest BCUT2D eigenvalue weighted by atomic mass is 10.1. The van der Waals surface area contributed by atoms with Crippen LogP contribution in [0.3, 0.4) is 0 Å². The van der Waals surface area contributed by atoms with Crippen LogP contribution in [0.4, 0.5) is 14.9 Å². The van der Waals surface area contributed by atoms with Crippen LogP contribution >= 0.6 is 0 Å². The minimum absolute atomic E-state index is 0.106. The van der Waals surface area contributed by atoms with E-state index in [1.807, 2.05) is 31.2 Å². The molecule has 1 aromatic heterocycles. The number of aromatic nitrogens is 1. The number of pyridine rings is 1. The summed E-state index contributed by atoms with van der Waals surface area (Å²) in [5, 5.41) is 2.59. The Labute approximate surface area is 151 Å². The van der Waals surface area contributed by atoms with Gasteiger partial charge in [0.2, 0.25) is 5.91 Å². The number of piperazine rings is 1. The molecule has 7 heteroatoms. The highest BCUT2D eigenvalue weighted by Gasteiger charge is 2.34. The molecule has 0 spiro atoms. The molecule has 2 heterocycles. The van der Waals surface area contributed by atoms with Crippen LogP contribution in [0, 0.1) is 12.7 Å². The normalized spacial score (nSPS) is 17.3. The van der Waals surface area contributed by atoms with Gasteiger partial charge in [-0.2, -0.15) is 0 Å². The SMILES string of the molecule is Cc1cccc(CN2CCN(C(=O)Nc3cncc(F)c3)[C@H](C)C2=O)c1. The molecule has 3 rings (SSSR count). The van der Waals surface area contributed by atoms with E-state index in [-0.39, 0.29) is 11.6 Å². The first-order chi connectivity index (χ1) is 12.4. The van der Waals surface area contributed by atoms with Gasteiger partial charge in [0, 0.05) is 25.7 Å². The molecular formula is C19H21FN4O2. The first-order valence-electron chi connectivity index (χ1n) is 8.46. The second-order valence-corrected chi connectivity index (χ2v) is 6.44. The van der Waals surface area contributed by atoms with E-state index in [4.69, 9.17) is 0 Å². The van der Waals surface area contributed by atoms with Crippen molar-refractivity contribution in [3.63, 3.8) is 0 Å². The molecule has 1 N–H and O–H groups in total. The number of benzene rings is 1. The predicted molar refractivity (Wildman–Crippen MR) is 96.0 cm³/mol. The Morgan fingerprint density at radius 1 is 1.31 bits per heavy atom. The number of rotatable bonds is 3. The van der Waals surface area contributed by atoms with Crippen molar-refractivity contribution in [1.29, 1.82) is 0 Å². The van der Waals surface area contributed by atoms with E-state index in [0.717, 1.165) is 17.3 Å². The molecule has 1 saturated heterocycles. The first-order valence-corrected chi connectivity index (χ1v) is 8.46. The molecule has 0 radical (unpaired) electrons. The van der Waals surface area contributed by atoms with Gasteiger partial charge in [-0.25, -0.2) is 9.18 Å². The summed E-state index contributed by atoms with van der Waals surface area (Å²) in [7, 11) is 0. The second kappa shape index (κ2) is 7.51. The summed E-state index contributed by atoms with van der Waals surface area (Å²) < 4.78 is 13.2. The summed E-state index contributed by atoms with van der Waals surface area (Å²) in [5.41, 5.74) is 2.47.